The minimum atomic E-state index is 0.443. The van der Waals surface area contributed by atoms with E-state index in [-0.39, 0.29) is 0 Å². The molecular formula is C14H28N2. The Balaban J connectivity index is 1.90. The highest BCUT2D eigenvalue weighted by Crippen LogP contribution is 2.32. The van der Waals surface area contributed by atoms with E-state index in [9.17, 15) is 0 Å². The number of likely N-dealkylation sites (tertiary alicyclic amines) is 1. The SMILES string of the molecule is CCCC1CCC(N)C(N2CCC(C)C2)C1. The lowest BCUT2D eigenvalue weighted by atomic mass is 9.80. The average molecular weight is 224 g/mol. The molecule has 2 nitrogen and oxygen atoms in total. The van der Waals surface area contributed by atoms with Crippen molar-refractivity contribution in [3.63, 3.8) is 0 Å². The molecule has 2 heteroatoms. The van der Waals surface area contributed by atoms with Crippen molar-refractivity contribution in [2.45, 2.75) is 64.5 Å². The van der Waals surface area contributed by atoms with Crippen LogP contribution in [0.1, 0.15) is 52.4 Å². The maximum Gasteiger partial charge on any atom is 0.0249 e. The van der Waals surface area contributed by atoms with E-state index in [0.717, 1.165) is 11.8 Å². The van der Waals surface area contributed by atoms with Crippen LogP contribution in [0.4, 0.5) is 0 Å². The quantitative estimate of drug-likeness (QED) is 0.798. The molecule has 1 aliphatic heterocycles. The summed E-state index contributed by atoms with van der Waals surface area (Å²) in [6.45, 7) is 7.26. The molecule has 1 heterocycles. The molecule has 0 bridgehead atoms. The molecule has 4 atom stereocenters. The second-order valence-electron chi connectivity index (χ2n) is 6.09. The van der Waals surface area contributed by atoms with Crippen LogP contribution in [0.25, 0.3) is 0 Å². The average Bonchev–Trinajstić information content (AvgIpc) is 2.68. The zero-order valence-corrected chi connectivity index (χ0v) is 11.0. The molecule has 2 fully saturated rings. The number of rotatable bonds is 3. The molecule has 0 aromatic carbocycles. The zero-order valence-electron chi connectivity index (χ0n) is 11.0. The summed E-state index contributed by atoms with van der Waals surface area (Å²) in [6.07, 6.45) is 8.11. The Morgan fingerprint density at radius 2 is 2.06 bits per heavy atom. The van der Waals surface area contributed by atoms with Crippen LogP contribution in [0, 0.1) is 11.8 Å². The molecule has 4 unspecified atom stereocenters. The number of nitrogens with two attached hydrogens (primary N) is 1. The van der Waals surface area contributed by atoms with Crippen LogP contribution in [0.5, 0.6) is 0 Å². The highest BCUT2D eigenvalue weighted by Gasteiger charge is 2.34. The molecule has 2 aliphatic rings. The van der Waals surface area contributed by atoms with Crippen LogP contribution >= 0.6 is 0 Å². The van der Waals surface area contributed by atoms with Gasteiger partial charge in [0.15, 0.2) is 0 Å². The molecule has 2 rings (SSSR count). The second-order valence-corrected chi connectivity index (χ2v) is 6.09. The number of nitrogens with zero attached hydrogens (tertiary/aromatic N) is 1. The van der Waals surface area contributed by atoms with Gasteiger partial charge >= 0.3 is 0 Å². The fourth-order valence-electron chi connectivity index (χ4n) is 3.62. The summed E-state index contributed by atoms with van der Waals surface area (Å²) in [4.78, 5) is 2.68. The van der Waals surface area contributed by atoms with Gasteiger partial charge in [0.1, 0.15) is 0 Å². The van der Waals surface area contributed by atoms with E-state index < -0.39 is 0 Å². The first-order valence-electron chi connectivity index (χ1n) is 7.20. The monoisotopic (exact) mass is 224 g/mol. The summed E-state index contributed by atoms with van der Waals surface area (Å²) in [7, 11) is 0. The Morgan fingerprint density at radius 1 is 1.25 bits per heavy atom. The lowest BCUT2D eigenvalue weighted by Gasteiger charge is -2.39. The maximum absolute atomic E-state index is 6.32. The summed E-state index contributed by atoms with van der Waals surface area (Å²) < 4.78 is 0. The molecule has 94 valence electrons. The molecule has 1 saturated heterocycles. The molecule has 1 aliphatic carbocycles. The summed E-state index contributed by atoms with van der Waals surface area (Å²) in [5.41, 5.74) is 6.32. The molecule has 0 aromatic heterocycles. The predicted molar refractivity (Wildman–Crippen MR) is 69.4 cm³/mol. The van der Waals surface area contributed by atoms with Gasteiger partial charge in [-0.1, -0.05) is 26.7 Å². The summed E-state index contributed by atoms with van der Waals surface area (Å²) in [5.74, 6) is 1.84. The Morgan fingerprint density at radius 3 is 2.69 bits per heavy atom. The minimum Gasteiger partial charge on any atom is -0.326 e. The van der Waals surface area contributed by atoms with Crippen molar-refractivity contribution in [3.05, 3.63) is 0 Å². The van der Waals surface area contributed by atoms with Gasteiger partial charge in [-0.25, -0.2) is 0 Å². The Kier molecular flexibility index (Phi) is 4.26. The predicted octanol–water partition coefficient (Wildman–Crippen LogP) is 2.62. The first-order valence-corrected chi connectivity index (χ1v) is 7.20. The van der Waals surface area contributed by atoms with Gasteiger partial charge in [-0.3, -0.25) is 4.90 Å². The third-order valence-electron chi connectivity index (χ3n) is 4.60. The largest absolute Gasteiger partial charge is 0.326 e. The van der Waals surface area contributed by atoms with E-state index in [0.29, 0.717) is 12.1 Å². The standard InChI is InChI=1S/C14H28N2/c1-3-4-12-5-6-13(15)14(9-12)16-8-7-11(2)10-16/h11-14H,3-10,15H2,1-2H3. The van der Waals surface area contributed by atoms with Gasteiger partial charge in [-0.2, -0.15) is 0 Å². The number of hydrogen-bond acceptors (Lipinski definition) is 2. The Hall–Kier alpha value is -0.0800. The van der Waals surface area contributed by atoms with Gasteiger partial charge in [-0.15, -0.1) is 0 Å². The third-order valence-corrected chi connectivity index (χ3v) is 4.60. The molecule has 0 amide bonds. The molecule has 0 aromatic rings. The van der Waals surface area contributed by atoms with E-state index in [1.54, 1.807) is 0 Å². The van der Waals surface area contributed by atoms with E-state index in [1.165, 1.54) is 51.6 Å². The van der Waals surface area contributed by atoms with Crippen LogP contribution in [0.3, 0.4) is 0 Å². The van der Waals surface area contributed by atoms with Gasteiger partial charge in [0.2, 0.25) is 0 Å². The highest BCUT2D eigenvalue weighted by molar-refractivity contribution is 4.91. The van der Waals surface area contributed by atoms with Crippen LogP contribution in [0.15, 0.2) is 0 Å². The maximum atomic E-state index is 6.32. The van der Waals surface area contributed by atoms with Crippen LogP contribution in [-0.4, -0.2) is 30.1 Å². The fourth-order valence-corrected chi connectivity index (χ4v) is 3.62. The van der Waals surface area contributed by atoms with Gasteiger partial charge in [0.25, 0.3) is 0 Å². The van der Waals surface area contributed by atoms with Crippen LogP contribution < -0.4 is 5.73 Å². The summed E-state index contributed by atoms with van der Waals surface area (Å²) in [5, 5.41) is 0. The van der Waals surface area contributed by atoms with Crippen molar-refractivity contribution >= 4 is 0 Å². The zero-order chi connectivity index (χ0) is 11.5. The van der Waals surface area contributed by atoms with Crippen molar-refractivity contribution in [1.29, 1.82) is 0 Å². The minimum absolute atomic E-state index is 0.443. The van der Waals surface area contributed by atoms with E-state index >= 15 is 0 Å². The normalized spacial score (nSPS) is 41.4. The highest BCUT2D eigenvalue weighted by atomic mass is 15.2. The van der Waals surface area contributed by atoms with E-state index in [1.807, 2.05) is 0 Å². The van der Waals surface area contributed by atoms with Crippen molar-refractivity contribution in [1.82, 2.24) is 4.90 Å². The van der Waals surface area contributed by atoms with E-state index in [2.05, 4.69) is 18.7 Å². The lowest BCUT2D eigenvalue weighted by molar-refractivity contribution is 0.128. The summed E-state index contributed by atoms with van der Waals surface area (Å²) >= 11 is 0. The van der Waals surface area contributed by atoms with Gasteiger partial charge < -0.3 is 5.73 Å². The fraction of sp³-hybridized carbons (Fsp3) is 1.00. The van der Waals surface area contributed by atoms with Gasteiger partial charge in [0.05, 0.1) is 0 Å². The molecule has 2 N–H and O–H groups in total. The molecule has 0 spiro atoms. The number of hydrogen-bond donors (Lipinski definition) is 1. The second kappa shape index (κ2) is 5.50. The molecule has 16 heavy (non-hydrogen) atoms. The topological polar surface area (TPSA) is 29.3 Å². The van der Waals surface area contributed by atoms with Gasteiger partial charge in [-0.05, 0) is 44.1 Å². The first kappa shape index (κ1) is 12.4. The van der Waals surface area contributed by atoms with Crippen molar-refractivity contribution < 1.29 is 0 Å². The van der Waals surface area contributed by atoms with Crippen molar-refractivity contribution in [2.24, 2.45) is 17.6 Å². The van der Waals surface area contributed by atoms with Crippen molar-refractivity contribution in [3.8, 4) is 0 Å². The van der Waals surface area contributed by atoms with Gasteiger partial charge in [0, 0.05) is 18.6 Å². The smallest absolute Gasteiger partial charge is 0.0249 e. The first-order chi connectivity index (χ1) is 7.70. The lowest BCUT2D eigenvalue weighted by Crippen LogP contribution is -2.50. The van der Waals surface area contributed by atoms with Crippen molar-refractivity contribution in [2.75, 3.05) is 13.1 Å². The summed E-state index contributed by atoms with van der Waals surface area (Å²) in [6, 6.07) is 1.13. The third kappa shape index (κ3) is 2.78. The Labute approximate surface area is 101 Å². The molecule has 1 saturated carbocycles. The van der Waals surface area contributed by atoms with Crippen LogP contribution in [-0.2, 0) is 0 Å². The Bertz CT molecular complexity index is 217. The van der Waals surface area contributed by atoms with E-state index in [4.69, 9.17) is 5.73 Å². The van der Waals surface area contributed by atoms with Crippen LogP contribution in [0.2, 0.25) is 0 Å². The molecular weight excluding hydrogens is 196 g/mol. The molecule has 0 radical (unpaired) electrons.